The minimum atomic E-state index is -0.175. The van der Waals surface area contributed by atoms with Crippen molar-refractivity contribution >= 4 is 22.9 Å². The third-order valence-corrected chi connectivity index (χ3v) is 5.32. The summed E-state index contributed by atoms with van der Waals surface area (Å²) in [7, 11) is 0. The summed E-state index contributed by atoms with van der Waals surface area (Å²) in [5.41, 5.74) is 2.75. The number of hydrogen-bond acceptors (Lipinski definition) is 5. The van der Waals surface area contributed by atoms with Crippen molar-refractivity contribution < 1.29 is 9.90 Å². The van der Waals surface area contributed by atoms with Crippen LogP contribution in [0.2, 0.25) is 0 Å². The summed E-state index contributed by atoms with van der Waals surface area (Å²) in [6.07, 6.45) is 3.47. The Labute approximate surface area is 146 Å². The number of hydrogen-bond donors (Lipinski definition) is 3. The summed E-state index contributed by atoms with van der Waals surface area (Å²) in [5, 5.41) is 15.9. The zero-order valence-corrected chi connectivity index (χ0v) is 14.7. The third kappa shape index (κ3) is 4.13. The van der Waals surface area contributed by atoms with Gasteiger partial charge >= 0.3 is 0 Å². The molecule has 1 heterocycles. The van der Waals surface area contributed by atoms with Crippen LogP contribution in [0.4, 0.5) is 5.69 Å². The molecule has 0 saturated carbocycles. The molecule has 1 aliphatic rings. The van der Waals surface area contributed by atoms with E-state index in [4.69, 9.17) is 10.1 Å². The quantitative estimate of drug-likeness (QED) is 0.752. The second-order valence-corrected chi connectivity index (χ2v) is 7.41. The van der Waals surface area contributed by atoms with Crippen molar-refractivity contribution in [3.05, 3.63) is 45.4 Å². The Kier molecular flexibility index (Phi) is 5.48. The second-order valence-electron chi connectivity index (χ2n) is 6.24. The zero-order chi connectivity index (χ0) is 16.9. The van der Waals surface area contributed by atoms with E-state index in [9.17, 15) is 4.79 Å². The van der Waals surface area contributed by atoms with Gasteiger partial charge in [-0.15, -0.1) is 11.3 Å². The van der Waals surface area contributed by atoms with Crippen molar-refractivity contribution in [1.29, 1.82) is 0 Å². The number of thiazole rings is 1. The lowest BCUT2D eigenvalue weighted by Gasteiger charge is -2.15. The standard InChI is InChI=1S/C18H23N3O2S/c1-12-5-6-15-16(9-12)24-17(21-15)11-20-14-4-2-3-13(10-14)18(23)19-7-8-22/h2-4,10,12,20,22H,5-9,11H2,1H3,(H,19,23)/t12-/m0/s1. The molecule has 0 aliphatic heterocycles. The van der Waals surface area contributed by atoms with Crippen molar-refractivity contribution in [2.75, 3.05) is 18.5 Å². The molecule has 2 aromatic rings. The maximum atomic E-state index is 11.9. The highest BCUT2D eigenvalue weighted by atomic mass is 32.1. The molecule has 0 bridgehead atoms. The molecule has 5 nitrogen and oxygen atoms in total. The zero-order valence-electron chi connectivity index (χ0n) is 13.8. The van der Waals surface area contributed by atoms with E-state index in [2.05, 4.69) is 17.6 Å². The molecule has 128 valence electrons. The van der Waals surface area contributed by atoms with E-state index in [0.29, 0.717) is 12.1 Å². The number of fused-ring (bicyclic) bond motifs is 1. The van der Waals surface area contributed by atoms with Crippen molar-refractivity contribution in [3.63, 3.8) is 0 Å². The van der Waals surface area contributed by atoms with Gasteiger partial charge in [-0.2, -0.15) is 0 Å². The van der Waals surface area contributed by atoms with Gasteiger partial charge in [0.2, 0.25) is 0 Å². The maximum absolute atomic E-state index is 11.9. The molecule has 0 radical (unpaired) electrons. The van der Waals surface area contributed by atoms with E-state index in [1.165, 1.54) is 17.0 Å². The lowest BCUT2D eigenvalue weighted by molar-refractivity contribution is 0.0945. The fourth-order valence-corrected chi connectivity index (χ4v) is 4.11. The van der Waals surface area contributed by atoms with E-state index in [1.807, 2.05) is 18.2 Å². The Morgan fingerprint density at radius 2 is 2.33 bits per heavy atom. The number of aliphatic hydroxyl groups is 1. The number of carbonyl (C=O) groups excluding carboxylic acids is 1. The van der Waals surface area contributed by atoms with Gasteiger partial charge in [-0.1, -0.05) is 13.0 Å². The first-order valence-electron chi connectivity index (χ1n) is 8.36. The summed E-state index contributed by atoms with van der Waals surface area (Å²) in [6.45, 7) is 3.18. The normalized spacial score (nSPS) is 16.5. The van der Waals surface area contributed by atoms with Crippen molar-refractivity contribution in [1.82, 2.24) is 10.3 Å². The van der Waals surface area contributed by atoms with Crippen molar-refractivity contribution in [2.24, 2.45) is 5.92 Å². The van der Waals surface area contributed by atoms with E-state index in [0.717, 1.165) is 29.5 Å². The summed E-state index contributed by atoms with van der Waals surface area (Å²) >= 11 is 1.80. The number of benzene rings is 1. The number of amides is 1. The molecule has 0 unspecified atom stereocenters. The molecule has 0 spiro atoms. The van der Waals surface area contributed by atoms with Crippen LogP contribution in [0.3, 0.4) is 0 Å². The van der Waals surface area contributed by atoms with Gasteiger partial charge in [0.25, 0.3) is 5.91 Å². The Morgan fingerprint density at radius 1 is 1.46 bits per heavy atom. The van der Waals surface area contributed by atoms with Crippen LogP contribution in [0, 0.1) is 5.92 Å². The number of carbonyl (C=O) groups is 1. The van der Waals surface area contributed by atoms with Crippen LogP contribution in [0.5, 0.6) is 0 Å². The molecular formula is C18H23N3O2S. The van der Waals surface area contributed by atoms with Gasteiger partial charge in [-0.25, -0.2) is 4.98 Å². The first-order chi connectivity index (χ1) is 11.7. The average Bonchev–Trinajstić information content (AvgIpc) is 3.00. The highest BCUT2D eigenvalue weighted by Crippen LogP contribution is 2.30. The maximum Gasteiger partial charge on any atom is 0.251 e. The molecule has 6 heteroatoms. The molecule has 1 atom stereocenters. The summed E-state index contributed by atoms with van der Waals surface area (Å²) in [4.78, 5) is 18.1. The van der Waals surface area contributed by atoms with Crippen LogP contribution >= 0.6 is 11.3 Å². The molecule has 24 heavy (non-hydrogen) atoms. The number of aromatic nitrogens is 1. The molecule has 3 N–H and O–H groups in total. The molecule has 1 amide bonds. The Bertz CT molecular complexity index is 714. The molecule has 0 fully saturated rings. The number of anilines is 1. The topological polar surface area (TPSA) is 74.2 Å². The van der Waals surface area contributed by atoms with E-state index in [-0.39, 0.29) is 19.1 Å². The summed E-state index contributed by atoms with van der Waals surface area (Å²) in [6, 6.07) is 7.38. The molecule has 1 aromatic heterocycles. The van der Waals surface area contributed by atoms with Crippen LogP contribution in [-0.4, -0.2) is 29.1 Å². The van der Waals surface area contributed by atoms with Gasteiger partial charge in [0, 0.05) is 22.7 Å². The van der Waals surface area contributed by atoms with Crippen LogP contribution in [0.1, 0.15) is 39.3 Å². The number of aliphatic hydroxyl groups excluding tert-OH is 1. The van der Waals surface area contributed by atoms with Crippen LogP contribution in [0.25, 0.3) is 0 Å². The lowest BCUT2D eigenvalue weighted by Crippen LogP contribution is -2.26. The number of nitrogens with one attached hydrogen (secondary N) is 2. The predicted octanol–water partition coefficient (Wildman–Crippen LogP) is 2.60. The highest BCUT2D eigenvalue weighted by Gasteiger charge is 2.19. The Morgan fingerprint density at radius 3 is 3.17 bits per heavy atom. The molecule has 1 aromatic carbocycles. The van der Waals surface area contributed by atoms with Crippen LogP contribution in [0.15, 0.2) is 24.3 Å². The third-order valence-electron chi connectivity index (χ3n) is 4.20. The highest BCUT2D eigenvalue weighted by molar-refractivity contribution is 7.11. The summed E-state index contributed by atoms with van der Waals surface area (Å²) < 4.78 is 0. The number of rotatable bonds is 6. The van der Waals surface area contributed by atoms with Gasteiger partial charge in [-0.05, 0) is 43.4 Å². The van der Waals surface area contributed by atoms with Crippen molar-refractivity contribution in [3.8, 4) is 0 Å². The van der Waals surface area contributed by atoms with E-state index < -0.39 is 0 Å². The fourth-order valence-electron chi connectivity index (χ4n) is 2.89. The SMILES string of the molecule is C[C@H]1CCc2nc(CNc3cccc(C(=O)NCCO)c3)sc2C1. The summed E-state index contributed by atoms with van der Waals surface area (Å²) in [5.74, 6) is 0.583. The van der Waals surface area contributed by atoms with Crippen LogP contribution < -0.4 is 10.6 Å². The average molecular weight is 345 g/mol. The fraction of sp³-hybridized carbons (Fsp3) is 0.444. The Balaban J connectivity index is 1.62. The minimum absolute atomic E-state index is 0.0585. The second kappa shape index (κ2) is 7.77. The predicted molar refractivity (Wildman–Crippen MR) is 96.5 cm³/mol. The van der Waals surface area contributed by atoms with Crippen molar-refractivity contribution in [2.45, 2.75) is 32.7 Å². The molecule has 3 rings (SSSR count). The smallest absolute Gasteiger partial charge is 0.251 e. The van der Waals surface area contributed by atoms with Gasteiger partial charge in [0.05, 0.1) is 18.8 Å². The molecule has 0 saturated heterocycles. The Hall–Kier alpha value is -1.92. The van der Waals surface area contributed by atoms with Crippen LogP contribution in [-0.2, 0) is 19.4 Å². The largest absolute Gasteiger partial charge is 0.395 e. The first kappa shape index (κ1) is 16.9. The minimum Gasteiger partial charge on any atom is -0.395 e. The number of nitrogens with zero attached hydrogens (tertiary/aromatic N) is 1. The number of aryl methyl sites for hydroxylation is 1. The van der Waals surface area contributed by atoms with Gasteiger partial charge in [0.1, 0.15) is 5.01 Å². The van der Waals surface area contributed by atoms with E-state index >= 15 is 0 Å². The monoisotopic (exact) mass is 345 g/mol. The molecular weight excluding hydrogens is 322 g/mol. The van der Waals surface area contributed by atoms with Gasteiger partial charge in [0.15, 0.2) is 0 Å². The van der Waals surface area contributed by atoms with Gasteiger partial charge < -0.3 is 15.7 Å². The lowest BCUT2D eigenvalue weighted by atomic mass is 9.93. The van der Waals surface area contributed by atoms with Gasteiger partial charge in [-0.3, -0.25) is 4.79 Å². The molecule has 1 aliphatic carbocycles. The van der Waals surface area contributed by atoms with E-state index in [1.54, 1.807) is 17.4 Å². The first-order valence-corrected chi connectivity index (χ1v) is 9.18.